The third kappa shape index (κ3) is 4.46. The Bertz CT molecular complexity index is 434. The minimum absolute atomic E-state index is 0.639. The zero-order chi connectivity index (χ0) is 13.0. The molecular weight excluding hydrogens is 290 g/mol. The number of allylic oxidation sites excluding steroid dienone is 1. The van der Waals surface area contributed by atoms with Gasteiger partial charge in [0.25, 0.3) is 0 Å². The van der Waals surface area contributed by atoms with Gasteiger partial charge in [0.05, 0.1) is 0 Å². The molecule has 0 spiro atoms. The van der Waals surface area contributed by atoms with E-state index in [0.29, 0.717) is 6.61 Å². The van der Waals surface area contributed by atoms with Gasteiger partial charge in [0, 0.05) is 22.6 Å². The molecule has 0 atom stereocenters. The van der Waals surface area contributed by atoms with E-state index in [1.807, 2.05) is 12.1 Å². The van der Waals surface area contributed by atoms with E-state index in [-0.39, 0.29) is 0 Å². The van der Waals surface area contributed by atoms with E-state index in [2.05, 4.69) is 47.2 Å². The summed E-state index contributed by atoms with van der Waals surface area (Å²) in [6.07, 6.45) is 4.71. The SMILES string of the molecule is CC(C)=CCOc1ccc(Br)cc1CNC1CC1. The highest BCUT2D eigenvalue weighted by Crippen LogP contribution is 2.25. The summed E-state index contributed by atoms with van der Waals surface area (Å²) in [6.45, 7) is 5.69. The van der Waals surface area contributed by atoms with Crippen LogP contribution in [0.1, 0.15) is 32.3 Å². The Labute approximate surface area is 118 Å². The zero-order valence-electron chi connectivity index (χ0n) is 11.0. The molecule has 18 heavy (non-hydrogen) atoms. The van der Waals surface area contributed by atoms with Crippen molar-refractivity contribution in [1.29, 1.82) is 0 Å². The standard InChI is InChI=1S/C15H20BrNO/c1-11(2)7-8-18-15-6-3-13(16)9-12(15)10-17-14-4-5-14/h3,6-7,9,14,17H,4-5,8,10H2,1-2H3. The lowest BCUT2D eigenvalue weighted by Crippen LogP contribution is -2.16. The van der Waals surface area contributed by atoms with Gasteiger partial charge in [-0.25, -0.2) is 0 Å². The van der Waals surface area contributed by atoms with Crippen molar-refractivity contribution in [2.24, 2.45) is 0 Å². The van der Waals surface area contributed by atoms with Crippen LogP contribution in [0.25, 0.3) is 0 Å². The van der Waals surface area contributed by atoms with Gasteiger partial charge in [-0.3, -0.25) is 0 Å². The molecule has 0 amide bonds. The van der Waals surface area contributed by atoms with Crippen LogP contribution >= 0.6 is 15.9 Å². The van der Waals surface area contributed by atoms with Gasteiger partial charge in [-0.05, 0) is 51.0 Å². The molecule has 0 unspecified atom stereocenters. The molecule has 2 rings (SSSR count). The summed E-state index contributed by atoms with van der Waals surface area (Å²) in [5.41, 5.74) is 2.50. The van der Waals surface area contributed by atoms with Crippen molar-refractivity contribution in [3.63, 3.8) is 0 Å². The van der Waals surface area contributed by atoms with E-state index in [9.17, 15) is 0 Å². The van der Waals surface area contributed by atoms with Gasteiger partial charge in [0.15, 0.2) is 0 Å². The van der Waals surface area contributed by atoms with E-state index in [1.165, 1.54) is 24.0 Å². The van der Waals surface area contributed by atoms with Gasteiger partial charge in [-0.15, -0.1) is 0 Å². The molecule has 98 valence electrons. The minimum Gasteiger partial charge on any atom is -0.489 e. The molecule has 0 heterocycles. The number of nitrogens with one attached hydrogen (secondary N) is 1. The van der Waals surface area contributed by atoms with Crippen LogP contribution in [0.5, 0.6) is 5.75 Å². The molecule has 1 N–H and O–H groups in total. The quantitative estimate of drug-likeness (QED) is 0.801. The number of hydrogen-bond donors (Lipinski definition) is 1. The van der Waals surface area contributed by atoms with E-state index in [0.717, 1.165) is 22.8 Å². The van der Waals surface area contributed by atoms with Crippen LogP contribution in [0.3, 0.4) is 0 Å². The van der Waals surface area contributed by atoms with Crippen molar-refractivity contribution in [2.45, 2.75) is 39.3 Å². The summed E-state index contributed by atoms with van der Waals surface area (Å²) in [6, 6.07) is 6.91. The molecule has 1 fully saturated rings. The van der Waals surface area contributed by atoms with Gasteiger partial charge in [-0.2, -0.15) is 0 Å². The lowest BCUT2D eigenvalue weighted by molar-refractivity contribution is 0.356. The highest BCUT2D eigenvalue weighted by atomic mass is 79.9. The zero-order valence-corrected chi connectivity index (χ0v) is 12.6. The Morgan fingerprint density at radius 1 is 1.44 bits per heavy atom. The predicted molar refractivity (Wildman–Crippen MR) is 78.9 cm³/mol. The smallest absolute Gasteiger partial charge is 0.124 e. The molecule has 0 bridgehead atoms. The van der Waals surface area contributed by atoms with Crippen LogP contribution in [0, 0.1) is 0 Å². The minimum atomic E-state index is 0.639. The third-order valence-electron chi connectivity index (χ3n) is 2.91. The van der Waals surface area contributed by atoms with Crippen LogP contribution < -0.4 is 10.1 Å². The predicted octanol–water partition coefficient (Wildman–Crippen LogP) is 4.05. The summed E-state index contributed by atoms with van der Waals surface area (Å²) >= 11 is 3.52. The van der Waals surface area contributed by atoms with Crippen LogP contribution in [0.4, 0.5) is 0 Å². The summed E-state index contributed by atoms with van der Waals surface area (Å²) in [5.74, 6) is 0.976. The first-order valence-electron chi connectivity index (χ1n) is 6.43. The van der Waals surface area contributed by atoms with Crippen LogP contribution in [0.15, 0.2) is 34.3 Å². The third-order valence-corrected chi connectivity index (χ3v) is 3.40. The highest BCUT2D eigenvalue weighted by molar-refractivity contribution is 9.10. The second-order valence-electron chi connectivity index (χ2n) is 5.00. The molecule has 1 aromatic rings. The summed E-state index contributed by atoms with van der Waals surface area (Å²) in [4.78, 5) is 0. The van der Waals surface area contributed by atoms with Crippen molar-refractivity contribution in [1.82, 2.24) is 5.32 Å². The average molecular weight is 310 g/mol. The average Bonchev–Trinajstić information content (AvgIpc) is 3.12. The van der Waals surface area contributed by atoms with E-state index >= 15 is 0 Å². The largest absolute Gasteiger partial charge is 0.489 e. The molecule has 0 aromatic heterocycles. The molecule has 0 radical (unpaired) electrons. The van der Waals surface area contributed by atoms with Crippen molar-refractivity contribution < 1.29 is 4.74 Å². The van der Waals surface area contributed by atoms with Crippen LogP contribution in [-0.2, 0) is 6.54 Å². The molecule has 2 nitrogen and oxygen atoms in total. The fraction of sp³-hybridized carbons (Fsp3) is 0.467. The Morgan fingerprint density at radius 2 is 2.22 bits per heavy atom. The molecule has 1 saturated carbocycles. The Morgan fingerprint density at radius 3 is 2.89 bits per heavy atom. The van der Waals surface area contributed by atoms with Crippen molar-refractivity contribution >= 4 is 15.9 Å². The maximum absolute atomic E-state index is 5.82. The highest BCUT2D eigenvalue weighted by Gasteiger charge is 2.20. The van der Waals surface area contributed by atoms with Gasteiger partial charge in [0.2, 0.25) is 0 Å². The Hall–Kier alpha value is -0.800. The van der Waals surface area contributed by atoms with Crippen LogP contribution in [0.2, 0.25) is 0 Å². The summed E-state index contributed by atoms with van der Waals surface area (Å²) in [5, 5.41) is 3.52. The van der Waals surface area contributed by atoms with Gasteiger partial charge >= 0.3 is 0 Å². The van der Waals surface area contributed by atoms with E-state index < -0.39 is 0 Å². The topological polar surface area (TPSA) is 21.3 Å². The summed E-state index contributed by atoms with van der Waals surface area (Å²) < 4.78 is 6.92. The lowest BCUT2D eigenvalue weighted by Gasteiger charge is -2.11. The second kappa shape index (κ2) is 6.39. The second-order valence-corrected chi connectivity index (χ2v) is 5.92. The molecule has 1 aromatic carbocycles. The first-order valence-corrected chi connectivity index (χ1v) is 7.22. The first kappa shape index (κ1) is 13.6. The normalized spacial score (nSPS) is 14.4. The molecule has 1 aliphatic rings. The monoisotopic (exact) mass is 309 g/mol. The van der Waals surface area contributed by atoms with Crippen molar-refractivity contribution in [3.8, 4) is 5.75 Å². The molecule has 0 aliphatic heterocycles. The molecular formula is C15H20BrNO. The fourth-order valence-corrected chi connectivity index (χ4v) is 2.08. The fourth-order valence-electron chi connectivity index (χ4n) is 1.67. The summed E-state index contributed by atoms with van der Waals surface area (Å²) in [7, 11) is 0. The number of hydrogen-bond acceptors (Lipinski definition) is 2. The van der Waals surface area contributed by atoms with Gasteiger partial charge < -0.3 is 10.1 Å². The van der Waals surface area contributed by atoms with Crippen LogP contribution in [-0.4, -0.2) is 12.6 Å². The number of ether oxygens (including phenoxy) is 1. The van der Waals surface area contributed by atoms with E-state index in [1.54, 1.807) is 0 Å². The molecule has 3 heteroatoms. The maximum atomic E-state index is 5.82. The Kier molecular flexibility index (Phi) is 4.84. The van der Waals surface area contributed by atoms with Gasteiger partial charge in [0.1, 0.15) is 12.4 Å². The lowest BCUT2D eigenvalue weighted by atomic mass is 10.2. The molecule has 0 saturated heterocycles. The van der Waals surface area contributed by atoms with Crippen molar-refractivity contribution in [3.05, 3.63) is 39.9 Å². The maximum Gasteiger partial charge on any atom is 0.124 e. The first-order chi connectivity index (χ1) is 8.65. The number of benzene rings is 1. The Balaban J connectivity index is 1.99. The number of rotatable bonds is 6. The van der Waals surface area contributed by atoms with E-state index in [4.69, 9.17) is 4.74 Å². The number of halogens is 1. The van der Waals surface area contributed by atoms with Crippen molar-refractivity contribution in [2.75, 3.05) is 6.61 Å². The molecule has 1 aliphatic carbocycles. The van der Waals surface area contributed by atoms with Gasteiger partial charge in [-0.1, -0.05) is 21.5 Å².